The third-order valence-corrected chi connectivity index (χ3v) is 4.73. The number of carbonyl (C=O) groups excluding carboxylic acids is 2. The first-order valence-corrected chi connectivity index (χ1v) is 7.58. The molecule has 2 aliphatic rings. The molecular weight excluding hydrogens is 242 g/mol. The molecule has 1 aliphatic carbocycles. The van der Waals surface area contributed by atoms with Crippen LogP contribution in [0.5, 0.6) is 0 Å². The molecule has 1 saturated heterocycles. The van der Waals surface area contributed by atoms with Gasteiger partial charge in [0.05, 0.1) is 5.41 Å². The van der Waals surface area contributed by atoms with E-state index in [0.717, 1.165) is 38.5 Å². The standard InChI is InChI=1S/C15H25NO3/c1-2-5-12(6-9-17)11-16-13(18)10-15(14(16)19)7-3-4-8-15/h12,17H,2-11H2,1H3. The predicted octanol–water partition coefficient (Wildman–Crippen LogP) is 2.10. The molecule has 1 heterocycles. The Morgan fingerprint density at radius 2 is 1.95 bits per heavy atom. The minimum absolute atomic E-state index is 0.00550. The Labute approximate surface area is 115 Å². The van der Waals surface area contributed by atoms with Crippen LogP contribution in [0.25, 0.3) is 0 Å². The lowest BCUT2D eigenvalue weighted by atomic mass is 9.84. The predicted molar refractivity (Wildman–Crippen MR) is 72.3 cm³/mol. The molecule has 4 nitrogen and oxygen atoms in total. The van der Waals surface area contributed by atoms with Crippen LogP contribution in [0.1, 0.15) is 58.3 Å². The zero-order valence-electron chi connectivity index (χ0n) is 11.9. The number of imide groups is 1. The summed E-state index contributed by atoms with van der Waals surface area (Å²) in [5.74, 6) is 0.319. The van der Waals surface area contributed by atoms with Crippen molar-refractivity contribution in [1.82, 2.24) is 4.90 Å². The van der Waals surface area contributed by atoms with Crippen LogP contribution < -0.4 is 0 Å². The molecule has 2 rings (SSSR count). The molecule has 2 amide bonds. The highest BCUT2D eigenvalue weighted by molar-refractivity contribution is 6.06. The quantitative estimate of drug-likeness (QED) is 0.750. The Morgan fingerprint density at radius 3 is 2.53 bits per heavy atom. The van der Waals surface area contributed by atoms with Crippen molar-refractivity contribution in [3.05, 3.63) is 0 Å². The van der Waals surface area contributed by atoms with Crippen LogP contribution in [-0.2, 0) is 9.59 Å². The highest BCUT2D eigenvalue weighted by Crippen LogP contribution is 2.47. The van der Waals surface area contributed by atoms with E-state index in [1.54, 1.807) is 0 Å². The van der Waals surface area contributed by atoms with Gasteiger partial charge in [-0.25, -0.2) is 0 Å². The van der Waals surface area contributed by atoms with Crippen LogP contribution in [0.4, 0.5) is 0 Å². The molecule has 0 aromatic carbocycles. The van der Waals surface area contributed by atoms with Crippen molar-refractivity contribution >= 4 is 11.8 Å². The maximum Gasteiger partial charge on any atom is 0.235 e. The minimum atomic E-state index is -0.354. The summed E-state index contributed by atoms with van der Waals surface area (Å²) in [5.41, 5.74) is -0.354. The van der Waals surface area contributed by atoms with Gasteiger partial charge in [0.2, 0.25) is 11.8 Å². The number of nitrogens with zero attached hydrogens (tertiary/aromatic N) is 1. The third kappa shape index (κ3) is 2.83. The van der Waals surface area contributed by atoms with Crippen molar-refractivity contribution in [2.75, 3.05) is 13.2 Å². The van der Waals surface area contributed by atoms with Crippen molar-refractivity contribution in [2.24, 2.45) is 11.3 Å². The van der Waals surface area contributed by atoms with E-state index < -0.39 is 0 Å². The zero-order chi connectivity index (χ0) is 13.9. The summed E-state index contributed by atoms with van der Waals surface area (Å²) in [5, 5.41) is 9.09. The average Bonchev–Trinajstić information content (AvgIpc) is 2.92. The zero-order valence-corrected chi connectivity index (χ0v) is 11.9. The maximum atomic E-state index is 12.5. The summed E-state index contributed by atoms with van der Waals surface area (Å²) >= 11 is 0. The van der Waals surface area contributed by atoms with Crippen molar-refractivity contribution < 1.29 is 14.7 Å². The van der Waals surface area contributed by atoms with Crippen LogP contribution in [0.2, 0.25) is 0 Å². The number of likely N-dealkylation sites (tertiary alicyclic amines) is 1. The summed E-state index contributed by atoms with van der Waals surface area (Å²) in [6.45, 7) is 2.73. The normalized spacial score (nSPS) is 23.6. The lowest BCUT2D eigenvalue weighted by molar-refractivity contribution is -0.142. The molecule has 1 unspecified atom stereocenters. The van der Waals surface area contributed by atoms with E-state index in [9.17, 15) is 9.59 Å². The fourth-order valence-corrected chi connectivity index (χ4v) is 3.66. The van der Waals surface area contributed by atoms with Gasteiger partial charge in [0, 0.05) is 19.6 Å². The van der Waals surface area contributed by atoms with Gasteiger partial charge in [0.25, 0.3) is 0 Å². The first-order chi connectivity index (χ1) is 9.13. The molecule has 1 atom stereocenters. The number of amides is 2. The minimum Gasteiger partial charge on any atom is -0.396 e. The van der Waals surface area contributed by atoms with Crippen molar-refractivity contribution in [3.8, 4) is 0 Å². The lowest BCUT2D eigenvalue weighted by Crippen LogP contribution is -2.38. The Hall–Kier alpha value is -0.900. The van der Waals surface area contributed by atoms with E-state index in [1.165, 1.54) is 4.90 Å². The third-order valence-electron chi connectivity index (χ3n) is 4.73. The van der Waals surface area contributed by atoms with Crippen LogP contribution >= 0.6 is 0 Å². The van der Waals surface area contributed by atoms with Gasteiger partial charge < -0.3 is 5.11 Å². The molecule has 19 heavy (non-hydrogen) atoms. The summed E-state index contributed by atoms with van der Waals surface area (Å²) < 4.78 is 0. The second-order valence-corrected chi connectivity index (χ2v) is 6.14. The van der Waals surface area contributed by atoms with E-state index in [4.69, 9.17) is 5.11 Å². The molecule has 1 N–H and O–H groups in total. The van der Waals surface area contributed by atoms with Gasteiger partial charge in [-0.1, -0.05) is 26.2 Å². The lowest BCUT2D eigenvalue weighted by Gasteiger charge is -2.24. The number of carbonyl (C=O) groups is 2. The summed E-state index contributed by atoms with van der Waals surface area (Å²) in [6, 6.07) is 0. The molecule has 1 aliphatic heterocycles. The average molecular weight is 267 g/mol. The summed E-state index contributed by atoms with van der Waals surface area (Å²) in [7, 11) is 0. The Bertz CT molecular complexity index is 341. The number of rotatable bonds is 6. The molecule has 0 aromatic rings. The molecule has 2 fully saturated rings. The van der Waals surface area contributed by atoms with E-state index >= 15 is 0 Å². The van der Waals surface area contributed by atoms with Gasteiger partial charge in [-0.3, -0.25) is 14.5 Å². The van der Waals surface area contributed by atoms with Crippen LogP contribution in [-0.4, -0.2) is 35.0 Å². The smallest absolute Gasteiger partial charge is 0.235 e. The molecule has 1 saturated carbocycles. The van der Waals surface area contributed by atoms with E-state index in [2.05, 4.69) is 6.92 Å². The maximum absolute atomic E-state index is 12.5. The SMILES string of the molecule is CCCC(CCO)CN1C(=O)CC2(CCCC2)C1=O. The highest BCUT2D eigenvalue weighted by Gasteiger charge is 2.52. The number of hydrogen-bond acceptors (Lipinski definition) is 3. The van der Waals surface area contributed by atoms with Crippen LogP contribution in [0.15, 0.2) is 0 Å². The number of hydrogen-bond donors (Lipinski definition) is 1. The Morgan fingerprint density at radius 1 is 1.26 bits per heavy atom. The largest absolute Gasteiger partial charge is 0.396 e. The van der Waals surface area contributed by atoms with Crippen molar-refractivity contribution in [1.29, 1.82) is 0 Å². The summed E-state index contributed by atoms with van der Waals surface area (Å²) in [6.07, 6.45) is 6.99. The number of aliphatic hydroxyl groups is 1. The molecule has 108 valence electrons. The van der Waals surface area contributed by atoms with Crippen LogP contribution in [0, 0.1) is 11.3 Å². The molecule has 0 bridgehead atoms. The molecule has 4 heteroatoms. The second-order valence-electron chi connectivity index (χ2n) is 6.14. The molecule has 0 radical (unpaired) electrons. The fraction of sp³-hybridized carbons (Fsp3) is 0.867. The van der Waals surface area contributed by atoms with E-state index in [1.807, 2.05) is 0 Å². The van der Waals surface area contributed by atoms with Crippen LogP contribution in [0.3, 0.4) is 0 Å². The number of aliphatic hydroxyl groups excluding tert-OH is 1. The van der Waals surface area contributed by atoms with Gasteiger partial charge in [-0.05, 0) is 31.6 Å². The first kappa shape index (κ1) is 14.5. The van der Waals surface area contributed by atoms with Gasteiger partial charge in [-0.15, -0.1) is 0 Å². The van der Waals surface area contributed by atoms with Crippen molar-refractivity contribution in [3.63, 3.8) is 0 Å². The van der Waals surface area contributed by atoms with Crippen molar-refractivity contribution in [2.45, 2.75) is 58.3 Å². The fourth-order valence-electron chi connectivity index (χ4n) is 3.66. The highest BCUT2D eigenvalue weighted by atomic mass is 16.3. The van der Waals surface area contributed by atoms with Gasteiger partial charge >= 0.3 is 0 Å². The second kappa shape index (κ2) is 6.04. The topological polar surface area (TPSA) is 57.6 Å². The van der Waals surface area contributed by atoms with E-state index in [-0.39, 0.29) is 29.8 Å². The summed E-state index contributed by atoms with van der Waals surface area (Å²) in [4.78, 5) is 26.1. The van der Waals surface area contributed by atoms with Gasteiger partial charge in [0.1, 0.15) is 0 Å². The molecular formula is C15H25NO3. The molecule has 0 aromatic heterocycles. The Balaban J connectivity index is 2.03. The molecule has 1 spiro atoms. The Kier molecular flexibility index (Phi) is 4.61. The monoisotopic (exact) mass is 267 g/mol. The van der Waals surface area contributed by atoms with Gasteiger partial charge in [0.15, 0.2) is 0 Å². The van der Waals surface area contributed by atoms with Gasteiger partial charge in [-0.2, -0.15) is 0 Å². The van der Waals surface area contributed by atoms with E-state index in [0.29, 0.717) is 19.4 Å². The first-order valence-electron chi connectivity index (χ1n) is 7.58.